The van der Waals surface area contributed by atoms with E-state index in [1.165, 1.54) is 51.4 Å². The van der Waals surface area contributed by atoms with Crippen LogP contribution in [0.5, 0.6) is 0 Å². The fourth-order valence-corrected chi connectivity index (χ4v) is 3.66. The number of rotatable bonds is 8. The van der Waals surface area contributed by atoms with Crippen molar-refractivity contribution in [3.8, 4) is 0 Å². The lowest BCUT2D eigenvalue weighted by molar-refractivity contribution is 0.209. The fraction of sp³-hybridized carbons (Fsp3) is 0.850. The summed E-state index contributed by atoms with van der Waals surface area (Å²) in [5.41, 5.74) is 0. The molecule has 142 valence electrons. The van der Waals surface area contributed by atoms with Crippen LogP contribution < -0.4 is 0 Å². The fourth-order valence-electron chi connectivity index (χ4n) is 3.66. The summed E-state index contributed by atoms with van der Waals surface area (Å²) in [5.74, 6) is 2.74. The van der Waals surface area contributed by atoms with Crippen LogP contribution in [0.2, 0.25) is 0 Å². The lowest BCUT2D eigenvalue weighted by Crippen LogP contribution is -2.14. The molecule has 5 nitrogen and oxygen atoms in total. The Morgan fingerprint density at radius 2 is 1.84 bits per heavy atom. The van der Waals surface area contributed by atoms with E-state index in [2.05, 4.69) is 17.1 Å². The maximum atomic E-state index is 8.08. The van der Waals surface area contributed by atoms with Gasteiger partial charge in [0.25, 0.3) is 0 Å². The Kier molecular flexibility index (Phi) is 8.98. The monoisotopic (exact) mass is 349 g/mol. The zero-order chi connectivity index (χ0) is 17.9. The van der Waals surface area contributed by atoms with Gasteiger partial charge in [0.2, 0.25) is 11.8 Å². The van der Waals surface area contributed by atoms with Gasteiger partial charge in [-0.2, -0.15) is 0 Å². The van der Waals surface area contributed by atoms with Crippen LogP contribution in [0.3, 0.4) is 0 Å². The van der Waals surface area contributed by atoms with E-state index in [4.69, 9.17) is 14.6 Å². The van der Waals surface area contributed by atoms with Gasteiger partial charge in [-0.3, -0.25) is 5.41 Å². The summed E-state index contributed by atoms with van der Waals surface area (Å²) >= 11 is 0. The first-order valence-electron chi connectivity index (χ1n) is 10.2. The standard InChI is InChI=1S/C20H35N3O2/c1-3-18(20-23-22-16(2)25-20)13-10-14-19(21)24-15-17-11-8-6-4-5-7-9-12-17/h17-18,21H,3-15H2,1-2H3. The molecule has 1 aliphatic rings. The summed E-state index contributed by atoms with van der Waals surface area (Å²) < 4.78 is 11.3. The van der Waals surface area contributed by atoms with Gasteiger partial charge in [0, 0.05) is 19.3 Å². The van der Waals surface area contributed by atoms with Gasteiger partial charge in [-0.15, -0.1) is 10.2 Å². The van der Waals surface area contributed by atoms with E-state index >= 15 is 0 Å². The number of aromatic nitrogens is 2. The third-order valence-corrected chi connectivity index (χ3v) is 5.31. The number of hydrogen-bond donors (Lipinski definition) is 1. The predicted molar refractivity (Wildman–Crippen MR) is 100 cm³/mol. The molecular weight excluding hydrogens is 314 g/mol. The zero-order valence-corrected chi connectivity index (χ0v) is 16.1. The summed E-state index contributed by atoms with van der Waals surface area (Å²) in [4.78, 5) is 0. The van der Waals surface area contributed by atoms with E-state index in [1.54, 1.807) is 0 Å². The molecule has 1 N–H and O–H groups in total. The highest BCUT2D eigenvalue weighted by molar-refractivity contribution is 5.72. The molecule has 1 aromatic rings. The number of aryl methyl sites for hydroxylation is 1. The van der Waals surface area contributed by atoms with E-state index in [-0.39, 0.29) is 0 Å². The number of ether oxygens (including phenoxy) is 1. The first-order chi connectivity index (χ1) is 12.2. The van der Waals surface area contributed by atoms with Gasteiger partial charge in [-0.05, 0) is 38.0 Å². The van der Waals surface area contributed by atoms with Crippen molar-refractivity contribution in [2.24, 2.45) is 5.92 Å². The lowest BCUT2D eigenvalue weighted by Gasteiger charge is -2.17. The molecule has 2 rings (SSSR count). The second-order valence-electron chi connectivity index (χ2n) is 7.46. The van der Waals surface area contributed by atoms with Crippen molar-refractivity contribution >= 4 is 5.90 Å². The summed E-state index contributed by atoms with van der Waals surface area (Å²) in [6, 6.07) is 0. The molecule has 25 heavy (non-hydrogen) atoms. The molecule has 1 heterocycles. The van der Waals surface area contributed by atoms with Crippen molar-refractivity contribution in [2.75, 3.05) is 6.61 Å². The number of nitrogens with zero attached hydrogens (tertiary/aromatic N) is 2. The smallest absolute Gasteiger partial charge is 0.219 e. The normalized spacial score (nSPS) is 18.2. The van der Waals surface area contributed by atoms with Crippen LogP contribution in [0.15, 0.2) is 4.42 Å². The molecule has 1 saturated carbocycles. The van der Waals surface area contributed by atoms with Crippen LogP contribution in [-0.2, 0) is 4.74 Å². The van der Waals surface area contributed by atoms with Crippen LogP contribution in [0.1, 0.15) is 102 Å². The van der Waals surface area contributed by atoms with Crippen molar-refractivity contribution in [2.45, 2.75) is 96.8 Å². The summed E-state index contributed by atoms with van der Waals surface area (Å²) in [7, 11) is 0. The van der Waals surface area contributed by atoms with Crippen LogP contribution in [0, 0.1) is 18.3 Å². The zero-order valence-electron chi connectivity index (χ0n) is 16.1. The first kappa shape index (κ1) is 19.9. The van der Waals surface area contributed by atoms with Gasteiger partial charge in [0.1, 0.15) is 0 Å². The van der Waals surface area contributed by atoms with Crippen molar-refractivity contribution in [3.63, 3.8) is 0 Å². The average molecular weight is 350 g/mol. The van der Waals surface area contributed by atoms with Gasteiger partial charge >= 0.3 is 0 Å². The van der Waals surface area contributed by atoms with Crippen LogP contribution in [-0.4, -0.2) is 22.7 Å². The van der Waals surface area contributed by atoms with Crippen LogP contribution in [0.4, 0.5) is 0 Å². The molecule has 0 bridgehead atoms. The van der Waals surface area contributed by atoms with Crippen LogP contribution in [0.25, 0.3) is 0 Å². The maximum Gasteiger partial charge on any atom is 0.219 e. The molecule has 0 saturated heterocycles. The van der Waals surface area contributed by atoms with E-state index in [1.807, 2.05) is 6.92 Å². The van der Waals surface area contributed by atoms with E-state index in [0.29, 0.717) is 30.0 Å². The van der Waals surface area contributed by atoms with Gasteiger partial charge in [0.15, 0.2) is 5.90 Å². The molecule has 0 amide bonds. The van der Waals surface area contributed by atoms with Crippen molar-refractivity contribution in [1.82, 2.24) is 10.2 Å². The lowest BCUT2D eigenvalue weighted by atomic mass is 9.98. The Balaban J connectivity index is 1.64. The number of hydrogen-bond acceptors (Lipinski definition) is 5. The Hall–Kier alpha value is -1.39. The molecule has 0 aliphatic heterocycles. The SMILES string of the molecule is CCC(CCCC(=N)OCC1CCCCCCCC1)c1nnc(C)o1. The molecule has 1 unspecified atom stereocenters. The summed E-state index contributed by atoms with van der Waals surface area (Å²) in [6.07, 6.45) is 14.3. The average Bonchev–Trinajstić information content (AvgIpc) is 3.08. The third kappa shape index (κ3) is 7.57. The molecule has 5 heteroatoms. The quantitative estimate of drug-likeness (QED) is 0.476. The minimum absolute atomic E-state index is 0.295. The van der Waals surface area contributed by atoms with Gasteiger partial charge in [-0.25, -0.2) is 0 Å². The highest BCUT2D eigenvalue weighted by Crippen LogP contribution is 2.25. The molecule has 1 fully saturated rings. The highest BCUT2D eigenvalue weighted by atomic mass is 16.5. The highest BCUT2D eigenvalue weighted by Gasteiger charge is 2.17. The van der Waals surface area contributed by atoms with E-state index in [9.17, 15) is 0 Å². The Bertz CT molecular complexity index is 491. The van der Waals surface area contributed by atoms with Crippen molar-refractivity contribution in [3.05, 3.63) is 11.8 Å². The van der Waals surface area contributed by atoms with Gasteiger partial charge < -0.3 is 9.15 Å². The van der Waals surface area contributed by atoms with Gasteiger partial charge in [0.05, 0.1) is 6.61 Å². The largest absolute Gasteiger partial charge is 0.481 e. The van der Waals surface area contributed by atoms with Gasteiger partial charge in [-0.1, -0.05) is 45.4 Å². The Labute approximate surface area is 152 Å². The topological polar surface area (TPSA) is 72.0 Å². The molecule has 0 radical (unpaired) electrons. The van der Waals surface area contributed by atoms with E-state index in [0.717, 1.165) is 31.8 Å². The molecule has 0 spiro atoms. The van der Waals surface area contributed by atoms with E-state index < -0.39 is 0 Å². The maximum absolute atomic E-state index is 8.08. The molecule has 1 aliphatic carbocycles. The Morgan fingerprint density at radius 3 is 2.44 bits per heavy atom. The molecular formula is C20H35N3O2. The summed E-state index contributed by atoms with van der Waals surface area (Å²) in [5, 5.41) is 16.1. The molecule has 1 atom stereocenters. The number of nitrogens with one attached hydrogen (secondary N) is 1. The third-order valence-electron chi connectivity index (χ3n) is 5.31. The second kappa shape index (κ2) is 11.3. The minimum Gasteiger partial charge on any atom is -0.481 e. The first-order valence-corrected chi connectivity index (χ1v) is 10.2. The molecule has 1 aromatic heterocycles. The van der Waals surface area contributed by atoms with Crippen molar-refractivity contribution < 1.29 is 9.15 Å². The molecule has 0 aromatic carbocycles. The second-order valence-corrected chi connectivity index (χ2v) is 7.46. The van der Waals surface area contributed by atoms with Crippen molar-refractivity contribution in [1.29, 1.82) is 5.41 Å². The predicted octanol–water partition coefficient (Wildman–Crippen LogP) is 5.79. The minimum atomic E-state index is 0.295. The van der Waals surface area contributed by atoms with Crippen LogP contribution >= 0.6 is 0 Å². The summed E-state index contributed by atoms with van der Waals surface area (Å²) in [6.45, 7) is 4.70. The Morgan fingerprint density at radius 1 is 1.16 bits per heavy atom.